The molecule has 1 aliphatic heterocycles. The van der Waals surface area contributed by atoms with E-state index < -0.39 is 41.3 Å². The molecule has 3 aromatic rings. The van der Waals surface area contributed by atoms with Crippen LogP contribution in [0.2, 0.25) is 0 Å². The van der Waals surface area contributed by atoms with Crippen LogP contribution in [0.15, 0.2) is 91.0 Å². The van der Waals surface area contributed by atoms with Crippen LogP contribution in [0.25, 0.3) is 0 Å². The standard InChI is InChI=1S/C31H32O7/c1-30(2,38-29(34)24-17-11-6-12-18-24)25-19-20-31(3,37-25)26(36-28(33)23-15-9-5-10-16-23)21-35-27(32)22-13-7-4-8-14-22/h4-18,25-26H,19-21H2,1-3H3/t25-,26-,31-/m1/s1. The van der Waals surface area contributed by atoms with Crippen molar-refractivity contribution in [3.05, 3.63) is 108 Å². The highest BCUT2D eigenvalue weighted by molar-refractivity contribution is 5.90. The quantitative estimate of drug-likeness (QED) is 0.269. The molecule has 0 bridgehead atoms. The lowest BCUT2D eigenvalue weighted by Crippen LogP contribution is -2.49. The van der Waals surface area contributed by atoms with Crippen molar-refractivity contribution in [3.8, 4) is 0 Å². The number of hydrogen-bond acceptors (Lipinski definition) is 7. The van der Waals surface area contributed by atoms with Crippen molar-refractivity contribution in [3.63, 3.8) is 0 Å². The van der Waals surface area contributed by atoms with Gasteiger partial charge in [0.1, 0.15) is 17.8 Å². The van der Waals surface area contributed by atoms with Crippen LogP contribution < -0.4 is 0 Å². The van der Waals surface area contributed by atoms with Crippen LogP contribution in [0.3, 0.4) is 0 Å². The molecule has 1 fully saturated rings. The van der Waals surface area contributed by atoms with E-state index >= 15 is 0 Å². The Labute approximate surface area is 222 Å². The van der Waals surface area contributed by atoms with Crippen molar-refractivity contribution >= 4 is 17.9 Å². The molecule has 3 aromatic carbocycles. The first-order chi connectivity index (χ1) is 18.2. The van der Waals surface area contributed by atoms with Crippen LogP contribution in [0.5, 0.6) is 0 Å². The molecule has 7 nitrogen and oxygen atoms in total. The van der Waals surface area contributed by atoms with Gasteiger partial charge in [-0.05, 0) is 70.0 Å². The average Bonchev–Trinajstić information content (AvgIpc) is 3.36. The largest absolute Gasteiger partial charge is 0.458 e. The number of rotatable bonds is 9. The first kappa shape index (κ1) is 27.1. The molecular weight excluding hydrogens is 484 g/mol. The summed E-state index contributed by atoms with van der Waals surface area (Å²) < 4.78 is 23.7. The van der Waals surface area contributed by atoms with Gasteiger partial charge in [-0.2, -0.15) is 0 Å². The minimum atomic E-state index is -0.984. The average molecular weight is 517 g/mol. The molecule has 1 saturated heterocycles. The molecule has 1 heterocycles. The predicted octanol–water partition coefficient (Wildman–Crippen LogP) is 5.64. The summed E-state index contributed by atoms with van der Waals surface area (Å²) in [4.78, 5) is 38.3. The van der Waals surface area contributed by atoms with Crippen molar-refractivity contribution in [2.24, 2.45) is 0 Å². The van der Waals surface area contributed by atoms with Crippen LogP contribution in [-0.4, -0.2) is 47.9 Å². The van der Waals surface area contributed by atoms with Crippen molar-refractivity contribution in [2.75, 3.05) is 6.61 Å². The monoisotopic (exact) mass is 516 g/mol. The third-order valence-electron chi connectivity index (χ3n) is 6.77. The molecule has 0 amide bonds. The van der Waals surface area contributed by atoms with Gasteiger partial charge in [-0.3, -0.25) is 0 Å². The summed E-state index contributed by atoms with van der Waals surface area (Å²) in [5.74, 6) is -1.52. The van der Waals surface area contributed by atoms with Gasteiger partial charge in [-0.1, -0.05) is 54.6 Å². The van der Waals surface area contributed by atoms with Crippen LogP contribution in [0, 0.1) is 0 Å². The smallest absolute Gasteiger partial charge is 0.338 e. The number of ether oxygens (including phenoxy) is 4. The van der Waals surface area contributed by atoms with Gasteiger partial charge in [-0.25, -0.2) is 14.4 Å². The highest BCUT2D eigenvalue weighted by atomic mass is 16.6. The molecule has 0 saturated carbocycles. The van der Waals surface area contributed by atoms with E-state index in [1.54, 1.807) is 98.8 Å². The fourth-order valence-corrected chi connectivity index (χ4v) is 4.44. The highest BCUT2D eigenvalue weighted by Crippen LogP contribution is 2.40. The van der Waals surface area contributed by atoms with E-state index in [1.807, 2.05) is 13.0 Å². The molecule has 0 N–H and O–H groups in total. The molecule has 7 heteroatoms. The number of carbonyl (C=O) groups is 3. The fourth-order valence-electron chi connectivity index (χ4n) is 4.44. The zero-order valence-corrected chi connectivity index (χ0v) is 21.8. The Balaban J connectivity index is 1.49. The Bertz CT molecular complexity index is 1240. The molecule has 0 unspecified atom stereocenters. The topological polar surface area (TPSA) is 88.1 Å². The number of esters is 3. The molecule has 0 aliphatic carbocycles. The normalized spacial score (nSPS) is 19.8. The molecular formula is C31H32O7. The van der Waals surface area contributed by atoms with Gasteiger partial charge in [0.15, 0.2) is 6.10 Å². The summed E-state index contributed by atoms with van der Waals surface area (Å²) >= 11 is 0. The minimum absolute atomic E-state index is 0.195. The Hall–Kier alpha value is -3.97. The Morgan fingerprint density at radius 1 is 0.816 bits per heavy atom. The molecule has 3 atom stereocenters. The second-order valence-corrected chi connectivity index (χ2v) is 10.0. The van der Waals surface area contributed by atoms with Gasteiger partial charge in [0.05, 0.1) is 22.8 Å². The van der Waals surface area contributed by atoms with E-state index in [-0.39, 0.29) is 6.61 Å². The third-order valence-corrected chi connectivity index (χ3v) is 6.77. The van der Waals surface area contributed by atoms with Gasteiger partial charge in [-0.15, -0.1) is 0 Å². The van der Waals surface area contributed by atoms with Crippen LogP contribution in [0.1, 0.15) is 64.7 Å². The van der Waals surface area contributed by atoms with Gasteiger partial charge >= 0.3 is 17.9 Å². The second-order valence-electron chi connectivity index (χ2n) is 10.0. The molecule has 198 valence electrons. The molecule has 38 heavy (non-hydrogen) atoms. The van der Waals surface area contributed by atoms with Crippen molar-refractivity contribution < 1.29 is 33.3 Å². The van der Waals surface area contributed by atoms with Crippen LogP contribution in [0.4, 0.5) is 0 Å². The van der Waals surface area contributed by atoms with Crippen molar-refractivity contribution in [2.45, 2.75) is 57.0 Å². The maximum Gasteiger partial charge on any atom is 0.338 e. The summed E-state index contributed by atoms with van der Waals surface area (Å²) in [5, 5.41) is 0. The third kappa shape index (κ3) is 6.47. The van der Waals surface area contributed by atoms with Gasteiger partial charge < -0.3 is 18.9 Å². The van der Waals surface area contributed by atoms with E-state index in [1.165, 1.54) is 0 Å². The molecule has 0 spiro atoms. The number of benzene rings is 3. The van der Waals surface area contributed by atoms with E-state index in [9.17, 15) is 14.4 Å². The Morgan fingerprint density at radius 2 is 1.29 bits per heavy atom. The number of carbonyl (C=O) groups excluding carboxylic acids is 3. The molecule has 1 aliphatic rings. The van der Waals surface area contributed by atoms with Crippen LogP contribution >= 0.6 is 0 Å². The SMILES string of the molecule is CC(C)(OC(=O)c1ccccc1)[C@H]1CC[C@](C)([C@@H](COC(=O)c2ccccc2)OC(=O)c2ccccc2)O1. The van der Waals surface area contributed by atoms with E-state index in [0.29, 0.717) is 29.5 Å². The Morgan fingerprint density at radius 3 is 1.82 bits per heavy atom. The van der Waals surface area contributed by atoms with Gasteiger partial charge in [0.2, 0.25) is 0 Å². The Kier molecular flexibility index (Phi) is 8.27. The summed E-state index contributed by atoms with van der Waals surface area (Å²) in [5.41, 5.74) is -0.724. The minimum Gasteiger partial charge on any atom is -0.458 e. The van der Waals surface area contributed by atoms with Gasteiger partial charge in [0, 0.05) is 0 Å². The van der Waals surface area contributed by atoms with E-state index in [2.05, 4.69) is 0 Å². The maximum absolute atomic E-state index is 13.0. The first-order valence-electron chi connectivity index (χ1n) is 12.6. The van der Waals surface area contributed by atoms with E-state index in [0.717, 1.165) is 0 Å². The first-order valence-corrected chi connectivity index (χ1v) is 12.6. The van der Waals surface area contributed by atoms with E-state index in [4.69, 9.17) is 18.9 Å². The zero-order chi connectivity index (χ0) is 27.2. The van der Waals surface area contributed by atoms with Gasteiger partial charge in [0.25, 0.3) is 0 Å². The lowest BCUT2D eigenvalue weighted by Gasteiger charge is -2.36. The molecule has 0 aromatic heterocycles. The fraction of sp³-hybridized carbons (Fsp3) is 0.323. The number of hydrogen-bond donors (Lipinski definition) is 0. The summed E-state index contributed by atoms with van der Waals surface area (Å²) in [6, 6.07) is 26.0. The van der Waals surface area contributed by atoms with Crippen molar-refractivity contribution in [1.29, 1.82) is 0 Å². The van der Waals surface area contributed by atoms with Crippen molar-refractivity contribution in [1.82, 2.24) is 0 Å². The lowest BCUT2D eigenvalue weighted by atomic mass is 9.93. The summed E-state index contributed by atoms with van der Waals surface area (Å²) in [7, 11) is 0. The predicted molar refractivity (Wildman–Crippen MR) is 141 cm³/mol. The van der Waals surface area contributed by atoms with Crippen LogP contribution in [-0.2, 0) is 18.9 Å². The highest BCUT2D eigenvalue weighted by Gasteiger charge is 2.50. The maximum atomic E-state index is 13.0. The zero-order valence-electron chi connectivity index (χ0n) is 21.8. The molecule has 0 radical (unpaired) electrons. The lowest BCUT2D eigenvalue weighted by molar-refractivity contribution is -0.163. The summed E-state index contributed by atoms with van der Waals surface area (Å²) in [6.07, 6.45) is -0.312. The molecule has 4 rings (SSSR count). The summed E-state index contributed by atoms with van der Waals surface area (Å²) in [6.45, 7) is 5.22. The second kappa shape index (κ2) is 11.6.